The number of hydrogen-bond acceptors (Lipinski definition) is 6. The Morgan fingerprint density at radius 3 is 2.83 bits per heavy atom. The molecule has 2 aromatic heterocycles. The maximum Gasteiger partial charge on any atom is 0.224 e. The van der Waals surface area contributed by atoms with Gasteiger partial charge in [-0.2, -0.15) is 4.98 Å². The van der Waals surface area contributed by atoms with Gasteiger partial charge in [0.1, 0.15) is 5.82 Å². The molecule has 1 fully saturated rings. The summed E-state index contributed by atoms with van der Waals surface area (Å²) in [5, 5.41) is 16.1. The smallest absolute Gasteiger partial charge is 0.224 e. The Bertz CT molecular complexity index is 628. The first-order valence-corrected chi connectivity index (χ1v) is 8.23. The minimum Gasteiger partial charge on any atom is -0.393 e. The van der Waals surface area contributed by atoms with Crippen molar-refractivity contribution >= 4 is 11.8 Å². The number of pyridine rings is 1. The number of hydrogen-bond donors (Lipinski definition) is 3. The average Bonchev–Trinajstić information content (AvgIpc) is 2.55. The third-order valence-electron chi connectivity index (χ3n) is 4.00. The number of nitrogens with one attached hydrogen (secondary N) is 2. The fourth-order valence-corrected chi connectivity index (χ4v) is 2.56. The van der Waals surface area contributed by atoms with E-state index in [9.17, 15) is 5.11 Å². The first-order chi connectivity index (χ1) is 11.3. The van der Waals surface area contributed by atoms with E-state index in [4.69, 9.17) is 0 Å². The van der Waals surface area contributed by atoms with Crippen LogP contribution in [-0.2, 0) is 0 Å². The van der Waals surface area contributed by atoms with Crippen LogP contribution in [0.4, 0.5) is 11.8 Å². The largest absolute Gasteiger partial charge is 0.393 e. The number of aromatic nitrogens is 3. The third kappa shape index (κ3) is 3.96. The highest BCUT2D eigenvalue weighted by Gasteiger charge is 2.28. The molecule has 0 spiro atoms. The number of rotatable bonds is 7. The van der Waals surface area contributed by atoms with Gasteiger partial charge in [-0.1, -0.05) is 19.4 Å². The minimum atomic E-state index is -0.199. The van der Waals surface area contributed by atoms with Gasteiger partial charge < -0.3 is 15.7 Å². The third-order valence-corrected chi connectivity index (χ3v) is 4.00. The Morgan fingerprint density at radius 2 is 2.13 bits per heavy atom. The number of nitrogens with zero attached hydrogens (tertiary/aromatic N) is 3. The predicted octanol–water partition coefficient (Wildman–Crippen LogP) is 2.69. The lowest BCUT2D eigenvalue weighted by molar-refractivity contribution is 0.0835. The van der Waals surface area contributed by atoms with Crippen LogP contribution >= 0.6 is 0 Å². The van der Waals surface area contributed by atoms with Gasteiger partial charge in [-0.15, -0.1) is 0 Å². The monoisotopic (exact) mass is 313 g/mol. The second-order valence-electron chi connectivity index (χ2n) is 5.92. The molecule has 1 aliphatic rings. The maximum absolute atomic E-state index is 9.48. The Labute approximate surface area is 136 Å². The Hall–Kier alpha value is -2.21. The highest BCUT2D eigenvalue weighted by molar-refractivity contribution is 5.72. The molecule has 3 N–H and O–H groups in total. The quantitative estimate of drug-likeness (QED) is 0.682. The van der Waals surface area contributed by atoms with Crippen molar-refractivity contribution in [1.82, 2.24) is 15.0 Å². The number of unbranched alkanes of at least 4 members (excludes halogenated alkanes) is 1. The van der Waals surface area contributed by atoms with Crippen molar-refractivity contribution in [3.8, 4) is 11.3 Å². The molecule has 6 heteroatoms. The number of aliphatic hydroxyl groups excluding tert-OH is 1. The fourth-order valence-electron chi connectivity index (χ4n) is 2.56. The molecular formula is C17H23N5O. The van der Waals surface area contributed by atoms with E-state index < -0.39 is 0 Å². The summed E-state index contributed by atoms with van der Waals surface area (Å²) in [7, 11) is 0. The molecule has 6 nitrogen and oxygen atoms in total. The van der Waals surface area contributed by atoms with Gasteiger partial charge in [-0.25, -0.2) is 4.98 Å². The number of anilines is 2. The highest BCUT2D eigenvalue weighted by Crippen LogP contribution is 2.29. The zero-order valence-electron chi connectivity index (χ0n) is 13.4. The molecular weight excluding hydrogens is 290 g/mol. The van der Waals surface area contributed by atoms with Crippen molar-refractivity contribution in [3.05, 3.63) is 30.6 Å². The zero-order valence-corrected chi connectivity index (χ0v) is 13.4. The van der Waals surface area contributed by atoms with Gasteiger partial charge in [0, 0.05) is 25.0 Å². The summed E-state index contributed by atoms with van der Waals surface area (Å²) in [5.41, 5.74) is 1.73. The van der Waals surface area contributed by atoms with E-state index in [1.807, 2.05) is 18.2 Å². The van der Waals surface area contributed by atoms with E-state index in [0.29, 0.717) is 5.95 Å². The van der Waals surface area contributed by atoms with Crippen molar-refractivity contribution in [2.75, 3.05) is 17.2 Å². The van der Waals surface area contributed by atoms with Gasteiger partial charge in [0.25, 0.3) is 0 Å². The SMILES string of the molecule is CCCCNc1ncc(-c2ccccn2)c(NC2CC(O)C2)n1. The second-order valence-corrected chi connectivity index (χ2v) is 5.92. The summed E-state index contributed by atoms with van der Waals surface area (Å²) in [4.78, 5) is 13.4. The van der Waals surface area contributed by atoms with Crippen LogP contribution in [0.5, 0.6) is 0 Å². The van der Waals surface area contributed by atoms with E-state index in [1.165, 1.54) is 0 Å². The molecule has 0 aliphatic heterocycles. The van der Waals surface area contributed by atoms with Crippen LogP contribution in [0.2, 0.25) is 0 Å². The van der Waals surface area contributed by atoms with Crippen LogP contribution in [-0.4, -0.2) is 38.7 Å². The molecule has 1 aliphatic carbocycles. The molecule has 2 heterocycles. The van der Waals surface area contributed by atoms with Crippen molar-refractivity contribution in [2.45, 2.75) is 44.8 Å². The van der Waals surface area contributed by atoms with Crippen molar-refractivity contribution < 1.29 is 5.11 Å². The van der Waals surface area contributed by atoms with E-state index in [0.717, 1.165) is 49.3 Å². The predicted molar refractivity (Wildman–Crippen MR) is 91.3 cm³/mol. The van der Waals surface area contributed by atoms with Gasteiger partial charge in [0.15, 0.2) is 0 Å². The summed E-state index contributed by atoms with van der Waals surface area (Å²) >= 11 is 0. The second kappa shape index (κ2) is 7.37. The summed E-state index contributed by atoms with van der Waals surface area (Å²) < 4.78 is 0. The molecule has 0 amide bonds. The summed E-state index contributed by atoms with van der Waals surface area (Å²) in [6.07, 6.45) is 7.09. The summed E-state index contributed by atoms with van der Waals surface area (Å²) in [6, 6.07) is 6.04. The molecule has 122 valence electrons. The minimum absolute atomic E-state index is 0.199. The zero-order chi connectivity index (χ0) is 16.1. The van der Waals surface area contributed by atoms with Crippen molar-refractivity contribution in [2.24, 2.45) is 0 Å². The summed E-state index contributed by atoms with van der Waals surface area (Å²) in [6.45, 7) is 3.02. The van der Waals surface area contributed by atoms with E-state index in [-0.39, 0.29) is 12.1 Å². The molecule has 0 aromatic carbocycles. The van der Waals surface area contributed by atoms with E-state index in [2.05, 4.69) is 32.5 Å². The van der Waals surface area contributed by atoms with E-state index >= 15 is 0 Å². The van der Waals surface area contributed by atoms with Crippen LogP contribution < -0.4 is 10.6 Å². The van der Waals surface area contributed by atoms with E-state index in [1.54, 1.807) is 12.4 Å². The Kier molecular flexibility index (Phi) is 5.02. The van der Waals surface area contributed by atoms with Gasteiger partial charge in [0.05, 0.1) is 17.4 Å². The van der Waals surface area contributed by atoms with Gasteiger partial charge in [-0.05, 0) is 31.4 Å². The van der Waals surface area contributed by atoms with Crippen molar-refractivity contribution in [3.63, 3.8) is 0 Å². The Morgan fingerprint density at radius 1 is 1.26 bits per heavy atom. The van der Waals surface area contributed by atoms with Crippen molar-refractivity contribution in [1.29, 1.82) is 0 Å². The standard InChI is InChI=1S/C17H23N5O/c1-2-3-7-19-17-20-11-14(15-6-4-5-8-18-15)16(22-17)21-12-9-13(23)10-12/h4-6,8,11-13,23H,2-3,7,9-10H2,1H3,(H2,19,20,21,22). The first-order valence-electron chi connectivity index (χ1n) is 8.23. The van der Waals surface area contributed by atoms with Gasteiger partial charge >= 0.3 is 0 Å². The average molecular weight is 313 g/mol. The van der Waals surface area contributed by atoms with Crippen LogP contribution in [0.25, 0.3) is 11.3 Å². The Balaban J connectivity index is 1.82. The fraction of sp³-hybridized carbons (Fsp3) is 0.471. The number of aliphatic hydroxyl groups is 1. The molecule has 3 rings (SSSR count). The molecule has 0 atom stereocenters. The van der Waals surface area contributed by atoms with Gasteiger partial charge in [-0.3, -0.25) is 4.98 Å². The lowest BCUT2D eigenvalue weighted by Crippen LogP contribution is -2.39. The van der Waals surface area contributed by atoms with Crippen LogP contribution in [0.15, 0.2) is 30.6 Å². The molecule has 1 saturated carbocycles. The maximum atomic E-state index is 9.48. The lowest BCUT2D eigenvalue weighted by atomic mass is 9.89. The van der Waals surface area contributed by atoms with Gasteiger partial charge in [0.2, 0.25) is 5.95 Å². The topological polar surface area (TPSA) is 83.0 Å². The van der Waals surface area contributed by atoms with Crippen LogP contribution in [0.3, 0.4) is 0 Å². The first kappa shape index (κ1) is 15.7. The van der Waals surface area contributed by atoms with Crippen LogP contribution in [0.1, 0.15) is 32.6 Å². The molecule has 0 radical (unpaired) electrons. The molecule has 23 heavy (non-hydrogen) atoms. The molecule has 0 unspecified atom stereocenters. The highest BCUT2D eigenvalue weighted by atomic mass is 16.3. The summed E-state index contributed by atoms with van der Waals surface area (Å²) in [5.74, 6) is 1.40. The lowest BCUT2D eigenvalue weighted by Gasteiger charge is -2.32. The normalized spacial score (nSPS) is 19.9. The van der Waals surface area contributed by atoms with Crippen LogP contribution in [0, 0.1) is 0 Å². The molecule has 2 aromatic rings. The molecule has 0 saturated heterocycles. The molecule has 0 bridgehead atoms.